The predicted molar refractivity (Wildman–Crippen MR) is 122 cm³/mol. The van der Waals surface area contributed by atoms with E-state index in [9.17, 15) is 23.7 Å². The number of methoxy groups -OCH3 is 1. The second kappa shape index (κ2) is 11.2. The fourth-order valence-electron chi connectivity index (χ4n) is 2.96. The van der Waals surface area contributed by atoms with Crippen LogP contribution in [0.5, 0.6) is 17.2 Å². The van der Waals surface area contributed by atoms with Gasteiger partial charge in [-0.15, -0.1) is 0 Å². The van der Waals surface area contributed by atoms with Gasteiger partial charge < -0.3 is 14.2 Å². The van der Waals surface area contributed by atoms with E-state index in [1.165, 1.54) is 55.7 Å². The minimum absolute atomic E-state index is 0.0385. The van der Waals surface area contributed by atoms with Crippen LogP contribution in [0.4, 0.5) is 14.5 Å². The molecule has 34 heavy (non-hydrogen) atoms. The molecule has 0 N–H and O–H groups in total. The lowest BCUT2D eigenvalue weighted by Crippen LogP contribution is -2.02. The number of alkyl halides is 2. The fourth-order valence-corrected chi connectivity index (χ4v) is 3.19. The Labute approximate surface area is 198 Å². The van der Waals surface area contributed by atoms with Crippen LogP contribution in [0, 0.1) is 10.1 Å². The molecular weight excluding hydrogens is 472 g/mol. The Bertz CT molecular complexity index is 1210. The van der Waals surface area contributed by atoms with Gasteiger partial charge in [0.15, 0.2) is 5.78 Å². The summed E-state index contributed by atoms with van der Waals surface area (Å²) in [5.41, 5.74) is 1.49. The molecule has 0 aliphatic carbocycles. The van der Waals surface area contributed by atoms with Crippen LogP contribution in [0.25, 0.3) is 6.08 Å². The number of carbonyl (C=O) groups is 1. The molecule has 0 aromatic heterocycles. The summed E-state index contributed by atoms with van der Waals surface area (Å²) in [6, 6.07) is 14.5. The maximum absolute atomic E-state index is 12.4. The lowest BCUT2D eigenvalue weighted by molar-refractivity contribution is -0.384. The predicted octanol–water partition coefficient (Wildman–Crippen LogP) is 6.33. The minimum Gasteiger partial charge on any atom is -0.496 e. The summed E-state index contributed by atoms with van der Waals surface area (Å²) in [6.45, 7) is -2.88. The van der Waals surface area contributed by atoms with Gasteiger partial charge in [-0.25, -0.2) is 0 Å². The molecular formula is C24H18ClF2NO6. The van der Waals surface area contributed by atoms with Crippen molar-refractivity contribution in [3.8, 4) is 17.2 Å². The molecule has 0 fully saturated rings. The third-order valence-electron chi connectivity index (χ3n) is 4.61. The van der Waals surface area contributed by atoms with Gasteiger partial charge in [-0.1, -0.05) is 23.7 Å². The number of hydrogen-bond donors (Lipinski definition) is 0. The third kappa shape index (κ3) is 6.52. The highest BCUT2D eigenvalue weighted by Gasteiger charge is 2.12. The van der Waals surface area contributed by atoms with Crippen molar-refractivity contribution in [1.82, 2.24) is 0 Å². The maximum Gasteiger partial charge on any atom is 0.387 e. The van der Waals surface area contributed by atoms with Crippen LogP contribution in [-0.4, -0.2) is 24.4 Å². The summed E-state index contributed by atoms with van der Waals surface area (Å²) in [4.78, 5) is 22.7. The molecule has 0 spiro atoms. The van der Waals surface area contributed by atoms with Gasteiger partial charge >= 0.3 is 6.61 Å². The normalized spacial score (nSPS) is 11.0. The molecule has 0 unspecified atom stereocenters. The second-order valence-electron chi connectivity index (χ2n) is 6.83. The summed E-state index contributed by atoms with van der Waals surface area (Å²) in [6.07, 6.45) is 2.94. The van der Waals surface area contributed by atoms with Crippen LogP contribution in [0.2, 0.25) is 5.02 Å². The van der Waals surface area contributed by atoms with Gasteiger partial charge in [0.1, 0.15) is 23.9 Å². The van der Waals surface area contributed by atoms with Crippen molar-refractivity contribution in [2.75, 3.05) is 7.11 Å². The monoisotopic (exact) mass is 489 g/mol. The molecule has 0 saturated heterocycles. The van der Waals surface area contributed by atoms with Gasteiger partial charge in [-0.3, -0.25) is 14.9 Å². The van der Waals surface area contributed by atoms with Crippen LogP contribution >= 0.6 is 11.6 Å². The van der Waals surface area contributed by atoms with Crippen molar-refractivity contribution < 1.29 is 32.7 Å². The van der Waals surface area contributed by atoms with E-state index >= 15 is 0 Å². The number of non-ortho nitro benzene ring substituents is 1. The van der Waals surface area contributed by atoms with Gasteiger partial charge in [0, 0.05) is 23.3 Å². The number of ether oxygens (including phenoxy) is 3. The van der Waals surface area contributed by atoms with Gasteiger partial charge in [-0.2, -0.15) is 8.78 Å². The summed E-state index contributed by atoms with van der Waals surface area (Å²) >= 11 is 6.07. The molecule has 3 rings (SSSR count). The highest BCUT2D eigenvalue weighted by atomic mass is 35.5. The first-order chi connectivity index (χ1) is 16.3. The van der Waals surface area contributed by atoms with Crippen molar-refractivity contribution in [2.24, 2.45) is 0 Å². The standard InChI is InChI=1S/C24H18ClF2NO6/c1-32-22-10-3-15(2-9-21(29)16-4-7-19(8-5-16)34-24(26)27)12-17(22)14-33-23-11-6-18(28(30)31)13-20(23)25/h2-13,24H,14H2,1H3/b9-2+. The number of halogens is 3. The Morgan fingerprint density at radius 3 is 2.41 bits per heavy atom. The number of nitro benzene ring substituents is 1. The van der Waals surface area contributed by atoms with Gasteiger partial charge in [0.05, 0.1) is 17.1 Å². The topological polar surface area (TPSA) is 87.9 Å². The number of allylic oxidation sites excluding steroid dienone is 1. The van der Waals surface area contributed by atoms with Crippen molar-refractivity contribution >= 4 is 29.1 Å². The van der Waals surface area contributed by atoms with Gasteiger partial charge in [0.25, 0.3) is 5.69 Å². The molecule has 10 heteroatoms. The molecule has 0 atom stereocenters. The van der Waals surface area contributed by atoms with E-state index in [-0.39, 0.29) is 34.6 Å². The highest BCUT2D eigenvalue weighted by Crippen LogP contribution is 2.30. The van der Waals surface area contributed by atoms with E-state index in [4.69, 9.17) is 21.1 Å². The summed E-state index contributed by atoms with van der Waals surface area (Å²) < 4.78 is 39.8. The molecule has 7 nitrogen and oxygen atoms in total. The largest absolute Gasteiger partial charge is 0.496 e. The average Bonchev–Trinajstić information content (AvgIpc) is 2.81. The second-order valence-corrected chi connectivity index (χ2v) is 7.24. The summed E-state index contributed by atoms with van der Waals surface area (Å²) in [7, 11) is 1.50. The SMILES string of the molecule is COc1ccc(/C=C/C(=O)c2ccc(OC(F)F)cc2)cc1COc1ccc([N+](=O)[O-])cc1Cl. The number of hydrogen-bond acceptors (Lipinski definition) is 6. The number of benzene rings is 3. The van der Waals surface area contributed by atoms with Crippen molar-refractivity contribution in [1.29, 1.82) is 0 Å². The Morgan fingerprint density at radius 2 is 1.79 bits per heavy atom. The first-order valence-corrected chi connectivity index (χ1v) is 10.2. The fraction of sp³-hybridized carbons (Fsp3) is 0.125. The van der Waals surface area contributed by atoms with E-state index < -0.39 is 11.5 Å². The van der Waals surface area contributed by atoms with Crippen LogP contribution in [0.15, 0.2) is 66.7 Å². The maximum atomic E-state index is 12.4. The smallest absolute Gasteiger partial charge is 0.387 e. The van der Waals surface area contributed by atoms with E-state index in [1.807, 2.05) is 0 Å². The van der Waals surface area contributed by atoms with Crippen LogP contribution in [0.3, 0.4) is 0 Å². The van der Waals surface area contributed by atoms with Crippen LogP contribution in [-0.2, 0) is 6.61 Å². The number of ketones is 1. The summed E-state index contributed by atoms with van der Waals surface area (Å²) in [5.74, 6) is 0.444. The number of nitro groups is 1. The zero-order valence-electron chi connectivity index (χ0n) is 17.7. The first kappa shape index (κ1) is 24.7. The summed E-state index contributed by atoms with van der Waals surface area (Å²) in [5, 5.41) is 10.9. The van der Waals surface area contributed by atoms with E-state index in [0.717, 1.165) is 0 Å². The van der Waals surface area contributed by atoms with Crippen LogP contribution < -0.4 is 14.2 Å². The quantitative estimate of drug-likeness (QED) is 0.143. The highest BCUT2D eigenvalue weighted by molar-refractivity contribution is 6.32. The van der Waals surface area contributed by atoms with Crippen LogP contribution in [0.1, 0.15) is 21.5 Å². The molecule has 3 aromatic carbocycles. The van der Waals surface area contributed by atoms with Gasteiger partial charge in [-0.05, 0) is 54.1 Å². The van der Waals surface area contributed by atoms with Crippen molar-refractivity contribution in [2.45, 2.75) is 13.2 Å². The lowest BCUT2D eigenvalue weighted by Gasteiger charge is -2.12. The molecule has 0 aliphatic heterocycles. The van der Waals surface area contributed by atoms with Crippen molar-refractivity contribution in [3.63, 3.8) is 0 Å². The molecule has 0 saturated carbocycles. The Hall–Kier alpha value is -3.98. The molecule has 0 bridgehead atoms. The Balaban J connectivity index is 1.71. The number of carbonyl (C=O) groups excluding carboxylic acids is 1. The zero-order valence-corrected chi connectivity index (χ0v) is 18.5. The number of nitrogens with zero attached hydrogens (tertiary/aromatic N) is 1. The lowest BCUT2D eigenvalue weighted by atomic mass is 10.1. The van der Waals surface area contributed by atoms with E-state index in [0.29, 0.717) is 22.4 Å². The van der Waals surface area contributed by atoms with E-state index in [2.05, 4.69) is 4.74 Å². The minimum atomic E-state index is -2.94. The zero-order chi connectivity index (χ0) is 24.7. The van der Waals surface area contributed by atoms with Gasteiger partial charge in [0.2, 0.25) is 0 Å². The average molecular weight is 490 g/mol. The third-order valence-corrected chi connectivity index (χ3v) is 4.90. The molecule has 0 aliphatic rings. The van der Waals surface area contributed by atoms with Crippen molar-refractivity contribution in [3.05, 3.63) is 98.6 Å². The molecule has 3 aromatic rings. The Morgan fingerprint density at radius 1 is 1.09 bits per heavy atom. The first-order valence-electron chi connectivity index (χ1n) is 9.77. The molecule has 0 radical (unpaired) electrons. The molecule has 0 heterocycles. The molecule has 0 amide bonds. The number of rotatable bonds is 10. The Kier molecular flexibility index (Phi) is 8.15. The van der Waals surface area contributed by atoms with E-state index in [1.54, 1.807) is 24.3 Å². The molecule has 176 valence electrons.